The van der Waals surface area contributed by atoms with Gasteiger partial charge in [0.25, 0.3) is 0 Å². The molecule has 40 heavy (non-hydrogen) atoms. The molecule has 186 valence electrons. The van der Waals surface area contributed by atoms with Crippen LogP contribution < -0.4 is 0 Å². The lowest BCUT2D eigenvalue weighted by atomic mass is 10.0. The van der Waals surface area contributed by atoms with Gasteiger partial charge in [-0.15, -0.1) is 11.3 Å². The number of hydrogen-bond acceptors (Lipinski definition) is 3. The van der Waals surface area contributed by atoms with Crippen molar-refractivity contribution in [1.29, 1.82) is 0 Å². The van der Waals surface area contributed by atoms with Crippen LogP contribution in [-0.2, 0) is 0 Å². The van der Waals surface area contributed by atoms with Gasteiger partial charge in [0, 0.05) is 36.5 Å². The van der Waals surface area contributed by atoms with Gasteiger partial charge in [0.05, 0.1) is 22.1 Å². The van der Waals surface area contributed by atoms with Crippen LogP contribution in [0.25, 0.3) is 80.9 Å². The van der Waals surface area contributed by atoms with Gasteiger partial charge in [0.2, 0.25) is 0 Å². The maximum Gasteiger partial charge on any atom is 0.165 e. The van der Waals surface area contributed by atoms with E-state index < -0.39 is 0 Å². The molecule has 9 aromatic rings. The molecule has 0 saturated heterocycles. The van der Waals surface area contributed by atoms with Crippen LogP contribution in [0.5, 0.6) is 0 Å². The largest absolute Gasteiger partial charge is 0.292 e. The SMILES string of the molecule is c1ccc2cc(-c3nc4ccccc4nc3-n3c4ccccc4c4cc5sc6ccccc6c5cc43)ccc2c1. The molecule has 0 aliphatic heterocycles. The van der Waals surface area contributed by atoms with E-state index in [0.29, 0.717) is 0 Å². The summed E-state index contributed by atoms with van der Waals surface area (Å²) in [6, 6.07) is 45.2. The van der Waals surface area contributed by atoms with Crippen molar-refractivity contribution in [2.24, 2.45) is 0 Å². The van der Waals surface area contributed by atoms with Crippen molar-refractivity contribution in [3.63, 3.8) is 0 Å². The Kier molecular flexibility index (Phi) is 4.48. The third-order valence-electron chi connectivity index (χ3n) is 7.96. The van der Waals surface area contributed by atoms with Gasteiger partial charge in [-0.05, 0) is 53.2 Å². The van der Waals surface area contributed by atoms with Crippen LogP contribution in [0.1, 0.15) is 0 Å². The second-order valence-corrected chi connectivity index (χ2v) is 11.3. The van der Waals surface area contributed by atoms with E-state index >= 15 is 0 Å². The highest BCUT2D eigenvalue weighted by Gasteiger charge is 2.20. The molecule has 0 bridgehead atoms. The number of rotatable bonds is 2. The summed E-state index contributed by atoms with van der Waals surface area (Å²) < 4.78 is 4.93. The molecule has 0 spiro atoms. The topological polar surface area (TPSA) is 30.7 Å². The number of benzene rings is 6. The first kappa shape index (κ1) is 21.8. The van der Waals surface area contributed by atoms with E-state index in [2.05, 4.69) is 114 Å². The minimum atomic E-state index is 0.846. The summed E-state index contributed by atoms with van der Waals surface area (Å²) in [5.41, 5.74) is 5.98. The number of aromatic nitrogens is 3. The Hall–Kier alpha value is -5.06. The molecule has 4 heteroatoms. The Bertz CT molecular complexity index is 2450. The lowest BCUT2D eigenvalue weighted by Crippen LogP contribution is -2.03. The molecule has 9 rings (SSSR count). The molecule has 3 heterocycles. The van der Waals surface area contributed by atoms with E-state index in [4.69, 9.17) is 9.97 Å². The van der Waals surface area contributed by atoms with Gasteiger partial charge < -0.3 is 0 Å². The number of thiophene rings is 1. The number of para-hydroxylation sites is 3. The zero-order chi connectivity index (χ0) is 26.2. The second kappa shape index (κ2) is 8.22. The first-order chi connectivity index (χ1) is 19.8. The smallest absolute Gasteiger partial charge is 0.165 e. The molecule has 0 aliphatic carbocycles. The van der Waals surface area contributed by atoms with Gasteiger partial charge in [-0.1, -0.05) is 84.9 Å². The first-order valence-corrected chi connectivity index (χ1v) is 14.2. The Balaban J connectivity index is 1.44. The molecule has 0 fully saturated rings. The zero-order valence-electron chi connectivity index (χ0n) is 21.4. The average Bonchev–Trinajstić information content (AvgIpc) is 3.54. The van der Waals surface area contributed by atoms with Crippen LogP contribution in [0, 0.1) is 0 Å². The fourth-order valence-electron chi connectivity index (χ4n) is 6.09. The van der Waals surface area contributed by atoms with Gasteiger partial charge in [0.1, 0.15) is 5.69 Å². The van der Waals surface area contributed by atoms with E-state index in [1.807, 2.05) is 29.5 Å². The summed E-state index contributed by atoms with van der Waals surface area (Å²) in [6.07, 6.45) is 0. The first-order valence-electron chi connectivity index (χ1n) is 13.4. The molecular formula is C36H21N3S. The average molecular weight is 528 g/mol. The molecule has 6 aromatic carbocycles. The number of hydrogen-bond donors (Lipinski definition) is 0. The standard InChI is InChI=1S/C36H21N3S/c1-2-10-23-19-24(18-17-22(23)9-1)35-36(38-30-14-6-5-13-29(30)37-35)39-31-15-7-3-11-25(31)27-21-34-28(20-32(27)39)26-12-4-8-16-33(26)40-34/h1-21H. The van der Waals surface area contributed by atoms with Crippen molar-refractivity contribution in [3.05, 3.63) is 127 Å². The molecule has 0 N–H and O–H groups in total. The lowest BCUT2D eigenvalue weighted by molar-refractivity contribution is 1.08. The van der Waals surface area contributed by atoms with E-state index in [9.17, 15) is 0 Å². The van der Waals surface area contributed by atoms with Crippen LogP contribution >= 0.6 is 11.3 Å². The molecule has 0 radical (unpaired) electrons. The molecular weight excluding hydrogens is 506 g/mol. The maximum absolute atomic E-state index is 5.31. The van der Waals surface area contributed by atoms with Crippen LogP contribution in [-0.4, -0.2) is 14.5 Å². The summed E-state index contributed by atoms with van der Waals surface area (Å²) in [5, 5.41) is 7.42. The Morgan fingerprint density at radius 3 is 2.10 bits per heavy atom. The van der Waals surface area contributed by atoms with Crippen LogP contribution in [0.2, 0.25) is 0 Å². The van der Waals surface area contributed by atoms with E-state index in [1.165, 1.54) is 41.7 Å². The molecule has 0 unspecified atom stereocenters. The third kappa shape index (κ3) is 3.11. The second-order valence-electron chi connectivity index (χ2n) is 10.3. The predicted octanol–water partition coefficient (Wildman–Crippen LogP) is 9.91. The quantitative estimate of drug-likeness (QED) is 0.224. The predicted molar refractivity (Wildman–Crippen MR) is 170 cm³/mol. The minimum Gasteiger partial charge on any atom is -0.292 e. The molecule has 0 aliphatic rings. The summed E-state index contributed by atoms with van der Waals surface area (Å²) >= 11 is 1.86. The van der Waals surface area contributed by atoms with E-state index in [0.717, 1.165) is 39.1 Å². The van der Waals surface area contributed by atoms with Crippen molar-refractivity contribution in [2.75, 3.05) is 0 Å². The Morgan fingerprint density at radius 2 is 1.20 bits per heavy atom. The fourth-order valence-corrected chi connectivity index (χ4v) is 7.22. The van der Waals surface area contributed by atoms with Gasteiger partial charge >= 0.3 is 0 Å². The van der Waals surface area contributed by atoms with Crippen molar-refractivity contribution >= 4 is 75.1 Å². The normalized spacial score (nSPS) is 12.0. The molecule has 0 atom stereocenters. The van der Waals surface area contributed by atoms with Crippen molar-refractivity contribution in [2.45, 2.75) is 0 Å². The molecule has 0 saturated carbocycles. The van der Waals surface area contributed by atoms with Gasteiger partial charge in [-0.2, -0.15) is 0 Å². The third-order valence-corrected chi connectivity index (χ3v) is 9.09. The summed E-state index contributed by atoms with van der Waals surface area (Å²) in [7, 11) is 0. The zero-order valence-corrected chi connectivity index (χ0v) is 22.2. The number of fused-ring (bicyclic) bond motifs is 8. The Morgan fingerprint density at radius 1 is 0.475 bits per heavy atom. The van der Waals surface area contributed by atoms with E-state index in [1.54, 1.807) is 0 Å². The highest BCUT2D eigenvalue weighted by atomic mass is 32.1. The minimum absolute atomic E-state index is 0.846. The van der Waals surface area contributed by atoms with Gasteiger partial charge in [0.15, 0.2) is 5.82 Å². The summed E-state index contributed by atoms with van der Waals surface area (Å²) in [4.78, 5) is 10.6. The molecule has 0 amide bonds. The van der Waals surface area contributed by atoms with Crippen LogP contribution in [0.15, 0.2) is 127 Å². The van der Waals surface area contributed by atoms with Crippen LogP contribution in [0.3, 0.4) is 0 Å². The van der Waals surface area contributed by atoms with Crippen molar-refractivity contribution in [3.8, 4) is 17.1 Å². The highest BCUT2D eigenvalue weighted by Crippen LogP contribution is 2.41. The number of nitrogens with zero attached hydrogens (tertiary/aromatic N) is 3. The maximum atomic E-state index is 5.31. The van der Waals surface area contributed by atoms with Crippen LogP contribution in [0.4, 0.5) is 0 Å². The Labute approximate surface area is 233 Å². The monoisotopic (exact) mass is 527 g/mol. The highest BCUT2D eigenvalue weighted by molar-refractivity contribution is 7.25. The van der Waals surface area contributed by atoms with Gasteiger partial charge in [-0.3, -0.25) is 4.57 Å². The lowest BCUT2D eigenvalue weighted by Gasteiger charge is -2.14. The van der Waals surface area contributed by atoms with Crippen molar-refractivity contribution in [1.82, 2.24) is 14.5 Å². The van der Waals surface area contributed by atoms with E-state index in [-0.39, 0.29) is 0 Å². The summed E-state index contributed by atoms with van der Waals surface area (Å²) in [6.45, 7) is 0. The molecule has 3 nitrogen and oxygen atoms in total. The van der Waals surface area contributed by atoms with Gasteiger partial charge in [-0.25, -0.2) is 9.97 Å². The molecule has 3 aromatic heterocycles. The summed E-state index contributed by atoms with van der Waals surface area (Å²) in [5.74, 6) is 0.846. The van der Waals surface area contributed by atoms with Crippen molar-refractivity contribution < 1.29 is 0 Å². The fraction of sp³-hybridized carbons (Fsp3) is 0.